The van der Waals surface area contributed by atoms with E-state index in [0.717, 1.165) is 51.8 Å². The van der Waals surface area contributed by atoms with E-state index in [1.54, 1.807) is 0 Å². The summed E-state index contributed by atoms with van der Waals surface area (Å²) in [5, 5.41) is 6.20. The molecule has 3 aliphatic heterocycles. The summed E-state index contributed by atoms with van der Waals surface area (Å²) in [4.78, 5) is 12.1. The molecule has 1 spiro atoms. The van der Waals surface area contributed by atoms with Crippen molar-refractivity contribution in [3.05, 3.63) is 0 Å². The highest BCUT2D eigenvalue weighted by atomic mass is 16.5. The summed E-state index contributed by atoms with van der Waals surface area (Å²) < 4.78 is 11.5. The van der Waals surface area contributed by atoms with E-state index in [4.69, 9.17) is 9.47 Å². The molecule has 3 saturated heterocycles. The van der Waals surface area contributed by atoms with E-state index in [1.807, 2.05) is 0 Å². The summed E-state index contributed by atoms with van der Waals surface area (Å²) in [7, 11) is 0. The molecule has 3 heterocycles. The van der Waals surface area contributed by atoms with Crippen molar-refractivity contribution in [2.75, 3.05) is 26.2 Å². The van der Waals surface area contributed by atoms with E-state index in [0.29, 0.717) is 6.54 Å². The Morgan fingerprint density at radius 1 is 1.33 bits per heavy atom. The molecular formula is C13H22N2O3. The monoisotopic (exact) mass is 254 g/mol. The van der Waals surface area contributed by atoms with Gasteiger partial charge in [-0.05, 0) is 32.1 Å². The molecule has 0 bridgehead atoms. The van der Waals surface area contributed by atoms with Gasteiger partial charge in [-0.15, -0.1) is 0 Å². The van der Waals surface area contributed by atoms with Gasteiger partial charge in [-0.3, -0.25) is 4.79 Å². The number of hydrogen-bond acceptors (Lipinski definition) is 4. The molecule has 2 atom stereocenters. The highest BCUT2D eigenvalue weighted by molar-refractivity contribution is 5.80. The normalized spacial score (nSPS) is 34.2. The minimum Gasteiger partial charge on any atom is -0.376 e. The number of rotatable bonds is 3. The first kappa shape index (κ1) is 12.4. The van der Waals surface area contributed by atoms with E-state index in [1.165, 1.54) is 0 Å². The zero-order chi connectivity index (χ0) is 12.4. The van der Waals surface area contributed by atoms with Gasteiger partial charge >= 0.3 is 0 Å². The average Bonchev–Trinajstić information content (AvgIpc) is 2.87. The summed E-state index contributed by atoms with van der Waals surface area (Å²) in [5.41, 5.74) is -0.0515. The third kappa shape index (κ3) is 2.53. The molecule has 0 aromatic carbocycles. The lowest BCUT2D eigenvalue weighted by Gasteiger charge is -2.47. The largest absolute Gasteiger partial charge is 0.376 e. The molecule has 0 aliphatic carbocycles. The van der Waals surface area contributed by atoms with Crippen LogP contribution < -0.4 is 10.6 Å². The fraction of sp³-hybridized carbons (Fsp3) is 0.923. The maximum absolute atomic E-state index is 12.1. The number of carbonyl (C=O) groups excluding carboxylic acids is 1. The van der Waals surface area contributed by atoms with Crippen molar-refractivity contribution in [1.29, 1.82) is 0 Å². The van der Waals surface area contributed by atoms with Crippen molar-refractivity contribution in [2.24, 2.45) is 0 Å². The van der Waals surface area contributed by atoms with Gasteiger partial charge in [0.2, 0.25) is 5.91 Å². The predicted octanol–water partition coefficient (Wildman–Crippen LogP) is 0.193. The van der Waals surface area contributed by atoms with Crippen LogP contribution in [0.5, 0.6) is 0 Å². The lowest BCUT2D eigenvalue weighted by Crippen LogP contribution is -2.64. The molecule has 0 radical (unpaired) electrons. The second kappa shape index (κ2) is 5.15. The van der Waals surface area contributed by atoms with Crippen LogP contribution in [-0.4, -0.2) is 50.0 Å². The van der Waals surface area contributed by atoms with E-state index in [9.17, 15) is 4.79 Å². The summed E-state index contributed by atoms with van der Waals surface area (Å²) in [6, 6.07) is 0. The Bertz CT molecular complexity index is 311. The minimum atomic E-state index is -0.262. The van der Waals surface area contributed by atoms with Crippen LogP contribution in [0.4, 0.5) is 0 Å². The van der Waals surface area contributed by atoms with Gasteiger partial charge in [-0.1, -0.05) is 0 Å². The van der Waals surface area contributed by atoms with E-state index in [-0.39, 0.29) is 23.7 Å². The molecule has 3 rings (SSSR count). The highest BCUT2D eigenvalue weighted by Gasteiger charge is 2.44. The van der Waals surface area contributed by atoms with Crippen molar-refractivity contribution in [3.8, 4) is 0 Å². The Balaban J connectivity index is 1.46. The molecule has 2 N–H and O–H groups in total. The quantitative estimate of drug-likeness (QED) is 0.755. The number of amides is 1. The zero-order valence-corrected chi connectivity index (χ0v) is 10.7. The smallest absolute Gasteiger partial charge is 0.249 e. The fourth-order valence-corrected chi connectivity index (χ4v) is 3.01. The van der Waals surface area contributed by atoms with Crippen molar-refractivity contribution in [1.82, 2.24) is 10.6 Å². The van der Waals surface area contributed by atoms with Crippen LogP contribution in [0.1, 0.15) is 32.1 Å². The average molecular weight is 254 g/mol. The lowest BCUT2D eigenvalue weighted by molar-refractivity contribution is -0.171. The van der Waals surface area contributed by atoms with Crippen LogP contribution in [0.25, 0.3) is 0 Å². The number of nitrogens with one attached hydrogen (secondary N) is 2. The van der Waals surface area contributed by atoms with Crippen molar-refractivity contribution >= 4 is 5.91 Å². The van der Waals surface area contributed by atoms with Gasteiger partial charge in [0.05, 0.1) is 11.7 Å². The van der Waals surface area contributed by atoms with E-state index >= 15 is 0 Å². The van der Waals surface area contributed by atoms with Crippen molar-refractivity contribution in [3.63, 3.8) is 0 Å². The Kier molecular flexibility index (Phi) is 3.54. The Morgan fingerprint density at radius 3 is 2.89 bits per heavy atom. The summed E-state index contributed by atoms with van der Waals surface area (Å²) in [5.74, 6) is 0.0384. The minimum absolute atomic E-state index is 0.0384. The third-order valence-electron chi connectivity index (χ3n) is 4.21. The molecule has 0 aromatic heterocycles. The highest BCUT2D eigenvalue weighted by Crippen LogP contribution is 2.31. The second-order valence-electron chi connectivity index (χ2n) is 5.67. The molecule has 0 aromatic rings. The molecule has 102 valence electrons. The van der Waals surface area contributed by atoms with Gasteiger partial charge < -0.3 is 20.1 Å². The van der Waals surface area contributed by atoms with Gasteiger partial charge in [0.15, 0.2) is 0 Å². The zero-order valence-electron chi connectivity index (χ0n) is 10.7. The Labute approximate surface area is 108 Å². The first-order valence-corrected chi connectivity index (χ1v) is 7.05. The van der Waals surface area contributed by atoms with E-state index in [2.05, 4.69) is 10.6 Å². The topological polar surface area (TPSA) is 59.6 Å². The van der Waals surface area contributed by atoms with Gasteiger partial charge in [-0.25, -0.2) is 0 Å². The molecule has 0 saturated carbocycles. The molecule has 3 aliphatic rings. The summed E-state index contributed by atoms with van der Waals surface area (Å²) in [6.07, 6.45) is 5.11. The van der Waals surface area contributed by atoms with Gasteiger partial charge in [0.25, 0.3) is 0 Å². The number of carbonyl (C=O) groups is 1. The third-order valence-corrected chi connectivity index (χ3v) is 4.21. The lowest BCUT2D eigenvalue weighted by atomic mass is 9.86. The molecule has 5 nitrogen and oxygen atoms in total. The second-order valence-corrected chi connectivity index (χ2v) is 5.67. The van der Waals surface area contributed by atoms with Crippen LogP contribution in [0.2, 0.25) is 0 Å². The van der Waals surface area contributed by atoms with Gasteiger partial charge in [0, 0.05) is 26.2 Å². The van der Waals surface area contributed by atoms with Gasteiger partial charge in [-0.2, -0.15) is 0 Å². The summed E-state index contributed by atoms with van der Waals surface area (Å²) in [6.45, 7) is 3.24. The van der Waals surface area contributed by atoms with Crippen molar-refractivity contribution < 1.29 is 14.3 Å². The molecule has 0 unspecified atom stereocenters. The first-order valence-electron chi connectivity index (χ1n) is 7.05. The summed E-state index contributed by atoms with van der Waals surface area (Å²) >= 11 is 0. The standard InChI is InChI=1S/C13H22N2O3/c16-12(15-7-10-3-2-6-17-10)11-4-1-5-13(18-11)8-14-9-13/h10-11,14H,1-9H2,(H,15,16)/t10-,11+/m0/s1. The maximum Gasteiger partial charge on any atom is 0.249 e. The Morgan fingerprint density at radius 2 is 2.22 bits per heavy atom. The van der Waals surface area contributed by atoms with Crippen LogP contribution >= 0.6 is 0 Å². The molecular weight excluding hydrogens is 232 g/mol. The van der Waals surface area contributed by atoms with Crippen LogP contribution in [0.3, 0.4) is 0 Å². The molecule has 5 heteroatoms. The Hall–Kier alpha value is -0.650. The first-order chi connectivity index (χ1) is 8.77. The van der Waals surface area contributed by atoms with E-state index < -0.39 is 0 Å². The fourth-order valence-electron chi connectivity index (χ4n) is 3.01. The number of hydrogen-bond donors (Lipinski definition) is 2. The molecule has 18 heavy (non-hydrogen) atoms. The molecule has 3 fully saturated rings. The van der Waals surface area contributed by atoms with Crippen LogP contribution in [0, 0.1) is 0 Å². The molecule has 1 amide bonds. The van der Waals surface area contributed by atoms with Gasteiger partial charge in [0.1, 0.15) is 6.10 Å². The number of ether oxygens (including phenoxy) is 2. The predicted molar refractivity (Wildman–Crippen MR) is 66.3 cm³/mol. The van der Waals surface area contributed by atoms with Crippen molar-refractivity contribution in [2.45, 2.75) is 49.9 Å². The van der Waals surface area contributed by atoms with Crippen LogP contribution in [-0.2, 0) is 14.3 Å². The SMILES string of the molecule is O=C(NC[C@@H]1CCCO1)[C@H]1CCCC2(CNC2)O1. The van der Waals surface area contributed by atoms with Crippen LogP contribution in [0.15, 0.2) is 0 Å². The maximum atomic E-state index is 12.1.